The van der Waals surface area contributed by atoms with Crippen molar-refractivity contribution in [3.8, 4) is 0 Å². The van der Waals surface area contributed by atoms with Crippen molar-refractivity contribution in [2.75, 3.05) is 0 Å². The largest absolute Gasteiger partial charge is 0.465 e. The summed E-state index contributed by atoms with van der Waals surface area (Å²) < 4.78 is 15.5. The molecule has 0 aliphatic carbocycles. The lowest BCUT2D eigenvalue weighted by Gasteiger charge is -2.20. The predicted molar refractivity (Wildman–Crippen MR) is 64.8 cm³/mol. The van der Waals surface area contributed by atoms with Crippen molar-refractivity contribution in [2.24, 2.45) is 0 Å². The molecule has 0 saturated carbocycles. The molecule has 20 heavy (non-hydrogen) atoms. The average Bonchev–Trinajstić information content (AvgIpc) is 2.93. The molecule has 1 aromatic rings. The first-order valence-corrected chi connectivity index (χ1v) is 5.82. The van der Waals surface area contributed by atoms with Gasteiger partial charge in [0, 0.05) is 13.8 Å². The van der Waals surface area contributed by atoms with Gasteiger partial charge in [0.05, 0.1) is 6.26 Å². The van der Waals surface area contributed by atoms with Crippen LogP contribution in [0.15, 0.2) is 34.5 Å². The van der Waals surface area contributed by atoms with Crippen LogP contribution in [0.25, 0.3) is 0 Å². The summed E-state index contributed by atoms with van der Waals surface area (Å²) in [6, 6.07) is 3.15. The zero-order valence-electron chi connectivity index (χ0n) is 11.2. The summed E-state index contributed by atoms with van der Waals surface area (Å²) in [6.07, 6.45) is 1.39. The SMILES string of the molecule is CC(=O)NC1=C(OC(C)=O)C(=O)C(C)(c2ccco2)O1. The summed E-state index contributed by atoms with van der Waals surface area (Å²) >= 11 is 0. The van der Waals surface area contributed by atoms with Gasteiger partial charge in [-0.2, -0.15) is 0 Å². The van der Waals surface area contributed by atoms with E-state index in [-0.39, 0.29) is 17.4 Å². The van der Waals surface area contributed by atoms with E-state index >= 15 is 0 Å². The van der Waals surface area contributed by atoms with Gasteiger partial charge in [0.2, 0.25) is 23.2 Å². The number of hydrogen-bond donors (Lipinski definition) is 1. The number of furan rings is 1. The molecule has 1 amide bonds. The molecule has 2 heterocycles. The fourth-order valence-electron chi connectivity index (χ4n) is 1.81. The molecule has 1 aromatic heterocycles. The van der Waals surface area contributed by atoms with Crippen LogP contribution in [0.5, 0.6) is 0 Å². The maximum absolute atomic E-state index is 12.4. The van der Waals surface area contributed by atoms with Crippen LogP contribution in [0, 0.1) is 0 Å². The number of ketones is 1. The first kappa shape index (κ1) is 13.9. The number of ether oxygens (including phenoxy) is 2. The number of carbonyl (C=O) groups is 3. The minimum Gasteiger partial charge on any atom is -0.465 e. The normalized spacial score (nSPS) is 21.6. The number of carbonyl (C=O) groups excluding carboxylic acids is 3. The third-order valence-corrected chi connectivity index (χ3v) is 2.68. The molecule has 0 bridgehead atoms. The monoisotopic (exact) mass is 279 g/mol. The Morgan fingerprint density at radius 3 is 2.55 bits per heavy atom. The Labute approximate surface area is 114 Å². The maximum atomic E-state index is 12.4. The summed E-state index contributed by atoms with van der Waals surface area (Å²) in [5.74, 6) is -2.05. The van der Waals surface area contributed by atoms with Crippen molar-refractivity contribution in [3.05, 3.63) is 35.8 Å². The molecule has 0 spiro atoms. The number of amides is 1. The van der Waals surface area contributed by atoms with Gasteiger partial charge in [-0.15, -0.1) is 0 Å². The highest BCUT2D eigenvalue weighted by molar-refractivity contribution is 6.04. The van der Waals surface area contributed by atoms with Gasteiger partial charge in [-0.1, -0.05) is 0 Å². The van der Waals surface area contributed by atoms with Crippen LogP contribution in [-0.2, 0) is 29.5 Å². The van der Waals surface area contributed by atoms with Crippen molar-refractivity contribution in [1.29, 1.82) is 0 Å². The van der Waals surface area contributed by atoms with E-state index in [4.69, 9.17) is 13.9 Å². The zero-order chi connectivity index (χ0) is 14.9. The molecule has 1 unspecified atom stereocenters. The van der Waals surface area contributed by atoms with Gasteiger partial charge in [0.15, 0.2) is 5.76 Å². The second-order valence-corrected chi connectivity index (χ2v) is 4.37. The van der Waals surface area contributed by atoms with Crippen LogP contribution in [0.3, 0.4) is 0 Å². The van der Waals surface area contributed by atoms with Crippen molar-refractivity contribution >= 4 is 17.7 Å². The van der Waals surface area contributed by atoms with E-state index in [9.17, 15) is 14.4 Å². The van der Waals surface area contributed by atoms with E-state index in [0.29, 0.717) is 0 Å². The predicted octanol–water partition coefficient (Wildman–Crippen LogP) is 0.962. The Balaban J connectivity index is 2.40. The Morgan fingerprint density at radius 1 is 1.35 bits per heavy atom. The van der Waals surface area contributed by atoms with Crippen LogP contribution in [-0.4, -0.2) is 17.7 Å². The van der Waals surface area contributed by atoms with Crippen LogP contribution in [0.4, 0.5) is 0 Å². The average molecular weight is 279 g/mol. The van der Waals surface area contributed by atoms with Crippen LogP contribution in [0.2, 0.25) is 0 Å². The molecule has 1 aliphatic rings. The van der Waals surface area contributed by atoms with Crippen molar-refractivity contribution in [1.82, 2.24) is 5.32 Å². The number of nitrogens with one attached hydrogen (secondary N) is 1. The maximum Gasteiger partial charge on any atom is 0.308 e. The molecule has 0 saturated heterocycles. The summed E-state index contributed by atoms with van der Waals surface area (Å²) in [6.45, 7) is 3.86. The lowest BCUT2D eigenvalue weighted by molar-refractivity contribution is -0.142. The molecule has 1 N–H and O–H groups in total. The van der Waals surface area contributed by atoms with Crippen LogP contribution >= 0.6 is 0 Å². The molecule has 7 heteroatoms. The van der Waals surface area contributed by atoms with Crippen molar-refractivity contribution < 1.29 is 28.3 Å². The number of hydrogen-bond acceptors (Lipinski definition) is 6. The van der Waals surface area contributed by atoms with Crippen molar-refractivity contribution in [3.63, 3.8) is 0 Å². The van der Waals surface area contributed by atoms with E-state index in [1.54, 1.807) is 12.1 Å². The third-order valence-electron chi connectivity index (χ3n) is 2.68. The van der Waals surface area contributed by atoms with Crippen LogP contribution < -0.4 is 5.32 Å². The molecule has 106 valence electrons. The standard InChI is InChI=1S/C13H13NO6/c1-7(15)14-12-10(19-8(2)16)11(17)13(3,20-12)9-5-4-6-18-9/h4-6H,1-3H3,(H,14,15). The van der Waals surface area contributed by atoms with Gasteiger partial charge < -0.3 is 13.9 Å². The Kier molecular flexibility index (Phi) is 3.35. The molecule has 1 aliphatic heterocycles. The van der Waals surface area contributed by atoms with E-state index < -0.39 is 23.3 Å². The summed E-state index contributed by atoms with van der Waals surface area (Å²) in [4.78, 5) is 34.6. The van der Waals surface area contributed by atoms with Gasteiger partial charge >= 0.3 is 5.97 Å². The number of Topliss-reactive ketones (excluding diaryl/α,β-unsaturated/α-hetero) is 1. The van der Waals surface area contributed by atoms with Gasteiger partial charge in [0.25, 0.3) is 5.78 Å². The van der Waals surface area contributed by atoms with E-state index in [1.807, 2.05) is 0 Å². The molecular weight excluding hydrogens is 266 g/mol. The Hall–Kier alpha value is -2.57. The lowest BCUT2D eigenvalue weighted by atomic mass is 9.98. The molecule has 2 rings (SSSR count). The second kappa shape index (κ2) is 4.84. The summed E-state index contributed by atoms with van der Waals surface area (Å²) in [5, 5.41) is 2.32. The van der Waals surface area contributed by atoms with E-state index in [1.165, 1.54) is 20.1 Å². The Bertz CT molecular complexity index is 600. The highest BCUT2D eigenvalue weighted by Crippen LogP contribution is 2.38. The topological polar surface area (TPSA) is 94.8 Å². The number of rotatable bonds is 3. The van der Waals surface area contributed by atoms with E-state index in [2.05, 4.69) is 5.32 Å². The molecule has 0 radical (unpaired) electrons. The first-order valence-electron chi connectivity index (χ1n) is 5.82. The molecule has 1 atom stereocenters. The van der Waals surface area contributed by atoms with Crippen molar-refractivity contribution in [2.45, 2.75) is 26.4 Å². The summed E-state index contributed by atoms with van der Waals surface area (Å²) in [7, 11) is 0. The molecule has 0 aromatic carbocycles. The second-order valence-electron chi connectivity index (χ2n) is 4.37. The highest BCUT2D eigenvalue weighted by atomic mass is 16.6. The van der Waals surface area contributed by atoms with Gasteiger partial charge in [0.1, 0.15) is 0 Å². The fourth-order valence-corrected chi connectivity index (χ4v) is 1.81. The van der Waals surface area contributed by atoms with Crippen LogP contribution in [0.1, 0.15) is 26.5 Å². The molecule has 0 fully saturated rings. The van der Waals surface area contributed by atoms with Gasteiger partial charge in [-0.3, -0.25) is 19.7 Å². The first-order chi connectivity index (χ1) is 9.34. The number of esters is 1. The fraction of sp³-hybridized carbons (Fsp3) is 0.308. The third kappa shape index (κ3) is 2.29. The molecular formula is C13H13NO6. The summed E-state index contributed by atoms with van der Waals surface area (Å²) in [5.41, 5.74) is -1.48. The van der Waals surface area contributed by atoms with Gasteiger partial charge in [-0.05, 0) is 19.1 Å². The lowest BCUT2D eigenvalue weighted by Crippen LogP contribution is -2.31. The zero-order valence-corrected chi connectivity index (χ0v) is 11.2. The smallest absolute Gasteiger partial charge is 0.308 e. The minimum atomic E-state index is -1.48. The van der Waals surface area contributed by atoms with Gasteiger partial charge in [-0.25, -0.2) is 0 Å². The van der Waals surface area contributed by atoms with E-state index in [0.717, 1.165) is 6.92 Å². The highest BCUT2D eigenvalue weighted by Gasteiger charge is 2.51. The minimum absolute atomic E-state index is 0.198. The molecule has 7 nitrogen and oxygen atoms in total. The quantitative estimate of drug-likeness (QED) is 0.828. The Morgan fingerprint density at radius 2 is 2.05 bits per heavy atom.